The molecule has 0 aliphatic heterocycles. The van der Waals surface area contributed by atoms with Gasteiger partial charge in [0.15, 0.2) is 0 Å². The summed E-state index contributed by atoms with van der Waals surface area (Å²) in [7, 11) is 0. The van der Waals surface area contributed by atoms with Gasteiger partial charge in [0, 0.05) is 16.5 Å². The topological polar surface area (TPSA) is 54.7 Å². The molecule has 0 saturated heterocycles. The van der Waals surface area contributed by atoms with Gasteiger partial charge in [0.2, 0.25) is 0 Å². The molecule has 2 rings (SSSR count). The molecular weight excluding hydrogens is 198 g/mol. The molecule has 16 heavy (non-hydrogen) atoms. The SMILES string of the molecule is CC(C)(C)c1[nH]nc2cccc(CCN)c12. The first-order valence-corrected chi connectivity index (χ1v) is 5.70. The van der Waals surface area contributed by atoms with Gasteiger partial charge in [-0.15, -0.1) is 0 Å². The Morgan fingerprint density at radius 2 is 2.06 bits per heavy atom. The van der Waals surface area contributed by atoms with Gasteiger partial charge >= 0.3 is 0 Å². The van der Waals surface area contributed by atoms with Crippen molar-refractivity contribution in [2.24, 2.45) is 5.73 Å². The molecule has 0 atom stereocenters. The van der Waals surface area contributed by atoms with Crippen molar-refractivity contribution in [3.8, 4) is 0 Å². The van der Waals surface area contributed by atoms with E-state index in [1.54, 1.807) is 0 Å². The number of H-pyrrole nitrogens is 1. The fraction of sp³-hybridized carbons (Fsp3) is 0.462. The molecule has 0 unspecified atom stereocenters. The number of nitrogens with two attached hydrogens (primary N) is 1. The van der Waals surface area contributed by atoms with Gasteiger partial charge in [-0.3, -0.25) is 5.10 Å². The molecule has 86 valence electrons. The number of hydrogen-bond acceptors (Lipinski definition) is 2. The third kappa shape index (κ3) is 1.83. The van der Waals surface area contributed by atoms with E-state index in [4.69, 9.17) is 5.73 Å². The fourth-order valence-corrected chi connectivity index (χ4v) is 2.05. The predicted octanol–water partition coefficient (Wildman–Crippen LogP) is 2.36. The van der Waals surface area contributed by atoms with Crippen LogP contribution in [0, 0.1) is 0 Å². The van der Waals surface area contributed by atoms with Crippen molar-refractivity contribution >= 4 is 10.9 Å². The van der Waals surface area contributed by atoms with E-state index in [1.807, 2.05) is 12.1 Å². The third-order valence-corrected chi connectivity index (χ3v) is 2.83. The molecule has 0 fully saturated rings. The Bertz CT molecular complexity index is 491. The maximum atomic E-state index is 5.65. The largest absolute Gasteiger partial charge is 0.330 e. The Balaban J connectivity index is 2.68. The Hall–Kier alpha value is -1.35. The van der Waals surface area contributed by atoms with Crippen molar-refractivity contribution in [2.45, 2.75) is 32.6 Å². The van der Waals surface area contributed by atoms with Gasteiger partial charge in [-0.1, -0.05) is 32.9 Å². The minimum Gasteiger partial charge on any atom is -0.330 e. The number of aromatic nitrogens is 2. The average Bonchev–Trinajstić information content (AvgIpc) is 2.62. The second kappa shape index (κ2) is 3.91. The fourth-order valence-electron chi connectivity index (χ4n) is 2.05. The average molecular weight is 217 g/mol. The summed E-state index contributed by atoms with van der Waals surface area (Å²) in [5.74, 6) is 0. The molecule has 0 radical (unpaired) electrons. The summed E-state index contributed by atoms with van der Waals surface area (Å²) in [6, 6.07) is 6.22. The molecule has 1 aromatic heterocycles. The molecule has 1 aromatic carbocycles. The van der Waals surface area contributed by atoms with Crippen molar-refractivity contribution < 1.29 is 0 Å². The number of rotatable bonds is 2. The van der Waals surface area contributed by atoms with E-state index in [9.17, 15) is 0 Å². The molecule has 2 aromatic rings. The maximum Gasteiger partial charge on any atom is 0.0926 e. The van der Waals surface area contributed by atoms with Crippen LogP contribution in [0.1, 0.15) is 32.0 Å². The second-order valence-electron chi connectivity index (χ2n) is 5.20. The van der Waals surface area contributed by atoms with Crippen LogP contribution in [0.15, 0.2) is 18.2 Å². The lowest BCUT2D eigenvalue weighted by molar-refractivity contribution is 0.571. The predicted molar refractivity (Wildman–Crippen MR) is 67.6 cm³/mol. The molecule has 0 aliphatic rings. The van der Waals surface area contributed by atoms with Crippen LogP contribution in [0.25, 0.3) is 10.9 Å². The summed E-state index contributed by atoms with van der Waals surface area (Å²) >= 11 is 0. The lowest BCUT2D eigenvalue weighted by Gasteiger charge is -2.17. The Morgan fingerprint density at radius 1 is 1.31 bits per heavy atom. The van der Waals surface area contributed by atoms with Gasteiger partial charge in [-0.05, 0) is 24.6 Å². The summed E-state index contributed by atoms with van der Waals surface area (Å²) in [5, 5.41) is 8.77. The van der Waals surface area contributed by atoms with Crippen LogP contribution in [0.2, 0.25) is 0 Å². The van der Waals surface area contributed by atoms with Crippen molar-refractivity contribution in [3.05, 3.63) is 29.5 Å². The first-order valence-electron chi connectivity index (χ1n) is 5.70. The first-order chi connectivity index (χ1) is 7.54. The summed E-state index contributed by atoms with van der Waals surface area (Å²) < 4.78 is 0. The van der Waals surface area contributed by atoms with Gasteiger partial charge in [-0.25, -0.2) is 0 Å². The molecular formula is C13H19N3. The van der Waals surface area contributed by atoms with Gasteiger partial charge in [0.05, 0.1) is 5.52 Å². The molecule has 3 N–H and O–H groups in total. The highest BCUT2D eigenvalue weighted by molar-refractivity contribution is 5.85. The van der Waals surface area contributed by atoms with E-state index in [1.165, 1.54) is 16.6 Å². The van der Waals surface area contributed by atoms with Crippen molar-refractivity contribution in [1.29, 1.82) is 0 Å². The lowest BCUT2D eigenvalue weighted by Crippen LogP contribution is -2.13. The molecule has 1 heterocycles. The number of nitrogens with zero attached hydrogens (tertiary/aromatic N) is 1. The number of hydrogen-bond donors (Lipinski definition) is 2. The van der Waals surface area contributed by atoms with E-state index in [0.29, 0.717) is 6.54 Å². The van der Waals surface area contributed by atoms with Crippen molar-refractivity contribution in [1.82, 2.24) is 10.2 Å². The molecule has 0 amide bonds. The molecule has 0 spiro atoms. The van der Waals surface area contributed by atoms with E-state index in [-0.39, 0.29) is 5.41 Å². The molecule has 3 nitrogen and oxygen atoms in total. The number of fused-ring (bicyclic) bond motifs is 1. The standard InChI is InChI=1S/C13H19N3/c1-13(2,3)12-11-9(7-8-14)5-4-6-10(11)15-16-12/h4-6H,7-8,14H2,1-3H3,(H,15,16). The summed E-state index contributed by atoms with van der Waals surface area (Å²) in [4.78, 5) is 0. The second-order valence-corrected chi connectivity index (χ2v) is 5.20. The van der Waals surface area contributed by atoms with Gasteiger partial charge in [-0.2, -0.15) is 5.10 Å². The van der Waals surface area contributed by atoms with E-state index >= 15 is 0 Å². The van der Waals surface area contributed by atoms with Gasteiger partial charge < -0.3 is 5.73 Å². The summed E-state index contributed by atoms with van der Waals surface area (Å²) in [6.07, 6.45) is 0.903. The molecule has 0 saturated carbocycles. The normalized spacial score (nSPS) is 12.2. The lowest BCUT2D eigenvalue weighted by atomic mass is 9.88. The minimum atomic E-state index is 0.0828. The van der Waals surface area contributed by atoms with Crippen LogP contribution in [0.4, 0.5) is 0 Å². The van der Waals surface area contributed by atoms with Crippen LogP contribution < -0.4 is 5.73 Å². The van der Waals surface area contributed by atoms with E-state index < -0.39 is 0 Å². The molecule has 3 heteroatoms. The minimum absolute atomic E-state index is 0.0828. The van der Waals surface area contributed by atoms with Crippen LogP contribution in [0.3, 0.4) is 0 Å². The van der Waals surface area contributed by atoms with E-state index in [2.05, 4.69) is 37.0 Å². The van der Waals surface area contributed by atoms with Crippen LogP contribution in [-0.4, -0.2) is 16.7 Å². The quantitative estimate of drug-likeness (QED) is 0.811. The highest BCUT2D eigenvalue weighted by atomic mass is 15.1. The summed E-state index contributed by atoms with van der Waals surface area (Å²) in [6.45, 7) is 7.26. The number of aromatic amines is 1. The molecule has 0 aliphatic carbocycles. The first kappa shape index (κ1) is 11.1. The van der Waals surface area contributed by atoms with E-state index in [0.717, 1.165) is 11.9 Å². The molecule has 0 bridgehead atoms. The zero-order chi connectivity index (χ0) is 11.8. The Morgan fingerprint density at radius 3 is 2.69 bits per heavy atom. The van der Waals surface area contributed by atoms with Crippen molar-refractivity contribution in [3.63, 3.8) is 0 Å². The highest BCUT2D eigenvalue weighted by Crippen LogP contribution is 2.30. The number of benzene rings is 1. The van der Waals surface area contributed by atoms with Gasteiger partial charge in [0.25, 0.3) is 0 Å². The third-order valence-electron chi connectivity index (χ3n) is 2.83. The summed E-state index contributed by atoms with van der Waals surface area (Å²) in [5.41, 5.74) is 9.26. The van der Waals surface area contributed by atoms with Crippen LogP contribution >= 0.6 is 0 Å². The Labute approximate surface area is 96.0 Å². The van der Waals surface area contributed by atoms with Crippen molar-refractivity contribution in [2.75, 3.05) is 6.54 Å². The zero-order valence-electron chi connectivity index (χ0n) is 10.2. The Kier molecular flexibility index (Phi) is 2.72. The van der Waals surface area contributed by atoms with Gasteiger partial charge in [0.1, 0.15) is 0 Å². The monoisotopic (exact) mass is 217 g/mol. The number of nitrogens with one attached hydrogen (secondary N) is 1. The highest BCUT2D eigenvalue weighted by Gasteiger charge is 2.21. The maximum absolute atomic E-state index is 5.65. The van der Waals surface area contributed by atoms with Crippen LogP contribution in [-0.2, 0) is 11.8 Å². The van der Waals surface area contributed by atoms with Crippen LogP contribution in [0.5, 0.6) is 0 Å². The zero-order valence-corrected chi connectivity index (χ0v) is 10.2. The smallest absolute Gasteiger partial charge is 0.0926 e.